The predicted molar refractivity (Wildman–Crippen MR) is 106 cm³/mol. The summed E-state index contributed by atoms with van der Waals surface area (Å²) in [5.74, 6) is 0.545. The van der Waals surface area contributed by atoms with Crippen LogP contribution >= 0.6 is 0 Å². The maximum absolute atomic E-state index is 11.9. The minimum Gasteiger partial charge on any atom is -0.444 e. The van der Waals surface area contributed by atoms with E-state index >= 15 is 0 Å². The number of nitrogens with zero attached hydrogens (tertiary/aromatic N) is 3. The van der Waals surface area contributed by atoms with Gasteiger partial charge in [0.15, 0.2) is 5.82 Å². The molecule has 1 aromatic heterocycles. The van der Waals surface area contributed by atoms with E-state index in [0.29, 0.717) is 18.1 Å². The van der Waals surface area contributed by atoms with Crippen molar-refractivity contribution >= 4 is 11.8 Å². The van der Waals surface area contributed by atoms with Gasteiger partial charge in [-0.05, 0) is 44.0 Å². The van der Waals surface area contributed by atoms with Gasteiger partial charge in [-0.3, -0.25) is 10.6 Å². The average Bonchev–Trinajstić information content (AvgIpc) is 3.17. The Morgan fingerprint density at radius 1 is 1.11 bits per heavy atom. The Morgan fingerprint density at radius 3 is 2.43 bits per heavy atom. The quantitative estimate of drug-likeness (QED) is 0.605. The van der Waals surface area contributed by atoms with Crippen molar-refractivity contribution in [1.29, 1.82) is 0 Å². The molecule has 3 aromatic rings. The number of H-pyrrole nitrogens is 1. The second-order valence-electron chi connectivity index (χ2n) is 7.32. The molecule has 1 amide bonds. The van der Waals surface area contributed by atoms with Crippen LogP contribution in [0.15, 0.2) is 54.6 Å². The zero-order chi connectivity index (χ0) is 20.0. The van der Waals surface area contributed by atoms with Crippen LogP contribution in [0.5, 0.6) is 0 Å². The molecule has 0 aliphatic carbocycles. The molecule has 28 heavy (non-hydrogen) atoms. The molecule has 1 heterocycles. The number of carbonyl (C=O) groups is 1. The molecule has 0 fully saturated rings. The SMILES string of the molecule is CC(C)(C)OC(=O)Nc1ccc(C(NCc2ccccc2)c2nn[nH]n2)cc1. The first-order valence-corrected chi connectivity index (χ1v) is 9.01. The molecule has 1 unspecified atom stereocenters. The van der Waals surface area contributed by atoms with E-state index in [4.69, 9.17) is 4.74 Å². The number of hydrogen-bond acceptors (Lipinski definition) is 6. The summed E-state index contributed by atoms with van der Waals surface area (Å²) < 4.78 is 5.27. The lowest BCUT2D eigenvalue weighted by atomic mass is 10.1. The number of rotatable bonds is 6. The Labute approximate surface area is 163 Å². The summed E-state index contributed by atoms with van der Waals surface area (Å²) >= 11 is 0. The summed E-state index contributed by atoms with van der Waals surface area (Å²) in [6.07, 6.45) is -0.489. The van der Waals surface area contributed by atoms with Crippen molar-refractivity contribution in [3.05, 3.63) is 71.5 Å². The number of carbonyl (C=O) groups excluding carboxylic acids is 1. The van der Waals surface area contributed by atoms with Crippen molar-refractivity contribution in [1.82, 2.24) is 25.9 Å². The molecule has 1 atom stereocenters. The van der Waals surface area contributed by atoms with Gasteiger partial charge in [0.1, 0.15) is 5.60 Å². The number of benzene rings is 2. The molecule has 146 valence electrons. The van der Waals surface area contributed by atoms with Crippen LogP contribution in [0.1, 0.15) is 43.8 Å². The average molecular weight is 380 g/mol. The Hall–Kier alpha value is -3.26. The molecule has 0 aliphatic rings. The van der Waals surface area contributed by atoms with E-state index in [1.54, 1.807) is 0 Å². The van der Waals surface area contributed by atoms with Gasteiger partial charge in [0.2, 0.25) is 0 Å². The van der Waals surface area contributed by atoms with E-state index in [1.807, 2.05) is 75.4 Å². The number of aromatic amines is 1. The predicted octanol–water partition coefficient (Wildman–Crippen LogP) is 3.43. The van der Waals surface area contributed by atoms with Gasteiger partial charge >= 0.3 is 6.09 Å². The summed E-state index contributed by atoms with van der Waals surface area (Å²) in [6.45, 7) is 6.12. The second kappa shape index (κ2) is 8.62. The molecule has 0 aliphatic heterocycles. The van der Waals surface area contributed by atoms with Crippen LogP contribution in [0.3, 0.4) is 0 Å². The number of hydrogen-bond donors (Lipinski definition) is 3. The van der Waals surface area contributed by atoms with Crippen LogP contribution in [0, 0.1) is 0 Å². The molecule has 3 N–H and O–H groups in total. The first-order valence-electron chi connectivity index (χ1n) is 9.01. The minimum atomic E-state index is -0.547. The van der Waals surface area contributed by atoms with Gasteiger partial charge in [-0.25, -0.2) is 4.79 Å². The zero-order valence-corrected chi connectivity index (χ0v) is 16.1. The summed E-state index contributed by atoms with van der Waals surface area (Å²) in [5, 5.41) is 20.6. The highest BCUT2D eigenvalue weighted by atomic mass is 16.6. The highest BCUT2D eigenvalue weighted by Crippen LogP contribution is 2.21. The van der Waals surface area contributed by atoms with Crippen LogP contribution < -0.4 is 10.6 Å². The molecule has 0 saturated heterocycles. The fraction of sp³-hybridized carbons (Fsp3) is 0.300. The number of amides is 1. The third-order valence-electron chi connectivity index (χ3n) is 3.86. The summed E-state index contributed by atoms with van der Waals surface area (Å²) in [6, 6.07) is 17.3. The fourth-order valence-electron chi connectivity index (χ4n) is 2.65. The minimum absolute atomic E-state index is 0.241. The summed E-state index contributed by atoms with van der Waals surface area (Å²) in [7, 11) is 0. The lowest BCUT2D eigenvalue weighted by Gasteiger charge is -2.20. The maximum atomic E-state index is 11.9. The van der Waals surface area contributed by atoms with Crippen molar-refractivity contribution in [2.24, 2.45) is 0 Å². The molecular weight excluding hydrogens is 356 g/mol. The van der Waals surface area contributed by atoms with Crippen LogP contribution in [-0.4, -0.2) is 32.3 Å². The van der Waals surface area contributed by atoms with Crippen molar-refractivity contribution in [2.45, 2.75) is 39.0 Å². The molecule has 8 nitrogen and oxygen atoms in total. The van der Waals surface area contributed by atoms with Crippen LogP contribution in [0.2, 0.25) is 0 Å². The monoisotopic (exact) mass is 380 g/mol. The van der Waals surface area contributed by atoms with Crippen LogP contribution in [0.25, 0.3) is 0 Å². The third-order valence-corrected chi connectivity index (χ3v) is 3.86. The van der Waals surface area contributed by atoms with E-state index in [9.17, 15) is 4.79 Å². The van der Waals surface area contributed by atoms with Crippen LogP contribution in [-0.2, 0) is 11.3 Å². The molecule has 8 heteroatoms. The lowest BCUT2D eigenvalue weighted by molar-refractivity contribution is 0.0636. The fourth-order valence-corrected chi connectivity index (χ4v) is 2.65. The van der Waals surface area contributed by atoms with Gasteiger partial charge in [-0.1, -0.05) is 47.7 Å². The standard InChI is InChI=1S/C20H24N6O2/c1-20(2,3)28-19(27)22-16-11-9-15(10-12-16)17(18-23-25-26-24-18)21-13-14-7-5-4-6-8-14/h4-12,17,21H,13H2,1-3H3,(H,22,27)(H,23,24,25,26). The Bertz CT molecular complexity index is 873. The Balaban J connectivity index is 1.71. The maximum Gasteiger partial charge on any atom is 0.412 e. The van der Waals surface area contributed by atoms with Crippen molar-refractivity contribution in [3.63, 3.8) is 0 Å². The van der Waals surface area contributed by atoms with E-state index in [2.05, 4.69) is 31.3 Å². The van der Waals surface area contributed by atoms with Gasteiger partial charge in [-0.2, -0.15) is 5.21 Å². The van der Waals surface area contributed by atoms with Gasteiger partial charge in [0.05, 0.1) is 6.04 Å². The summed E-state index contributed by atoms with van der Waals surface area (Å²) in [4.78, 5) is 11.9. The van der Waals surface area contributed by atoms with Gasteiger partial charge in [0.25, 0.3) is 0 Å². The second-order valence-corrected chi connectivity index (χ2v) is 7.32. The van der Waals surface area contributed by atoms with Gasteiger partial charge in [0, 0.05) is 12.2 Å². The normalized spacial score (nSPS) is 12.4. The Morgan fingerprint density at radius 2 is 1.82 bits per heavy atom. The number of ether oxygens (including phenoxy) is 1. The van der Waals surface area contributed by atoms with Crippen molar-refractivity contribution in [2.75, 3.05) is 5.32 Å². The first-order chi connectivity index (χ1) is 13.4. The number of anilines is 1. The van der Waals surface area contributed by atoms with Crippen LogP contribution in [0.4, 0.5) is 10.5 Å². The van der Waals surface area contributed by atoms with E-state index in [0.717, 1.165) is 11.1 Å². The first kappa shape index (κ1) is 19.5. The lowest BCUT2D eigenvalue weighted by Crippen LogP contribution is -2.27. The molecule has 0 radical (unpaired) electrons. The van der Waals surface area contributed by atoms with Gasteiger partial charge < -0.3 is 4.74 Å². The summed E-state index contributed by atoms with van der Waals surface area (Å²) in [5.41, 5.74) is 2.20. The topological polar surface area (TPSA) is 105 Å². The molecule has 3 rings (SSSR count). The number of tetrazole rings is 1. The molecule has 2 aromatic carbocycles. The third kappa shape index (κ3) is 5.62. The largest absolute Gasteiger partial charge is 0.444 e. The number of aromatic nitrogens is 4. The smallest absolute Gasteiger partial charge is 0.412 e. The van der Waals surface area contributed by atoms with Gasteiger partial charge in [-0.15, -0.1) is 10.2 Å². The highest BCUT2D eigenvalue weighted by molar-refractivity contribution is 5.84. The van der Waals surface area contributed by atoms with Crippen molar-refractivity contribution < 1.29 is 9.53 Å². The van der Waals surface area contributed by atoms with E-state index in [-0.39, 0.29) is 6.04 Å². The van der Waals surface area contributed by atoms with Crippen molar-refractivity contribution in [3.8, 4) is 0 Å². The Kier molecular flexibility index (Phi) is 6.00. The van der Waals surface area contributed by atoms with E-state index in [1.165, 1.54) is 0 Å². The molecule has 0 saturated carbocycles. The molecular formula is C20H24N6O2. The zero-order valence-electron chi connectivity index (χ0n) is 16.1. The molecule has 0 bridgehead atoms. The number of nitrogens with one attached hydrogen (secondary N) is 3. The highest BCUT2D eigenvalue weighted by Gasteiger charge is 2.19. The molecule has 0 spiro atoms. The van der Waals surface area contributed by atoms with E-state index < -0.39 is 11.7 Å².